The van der Waals surface area contributed by atoms with Crippen molar-refractivity contribution in [3.05, 3.63) is 28.2 Å². The smallest absolute Gasteiger partial charge is 0.0400 e. The first-order chi connectivity index (χ1) is 9.11. The van der Waals surface area contributed by atoms with Crippen LogP contribution in [0.1, 0.15) is 18.4 Å². The van der Waals surface area contributed by atoms with Crippen LogP contribution < -0.4 is 10.6 Å². The van der Waals surface area contributed by atoms with Crippen LogP contribution in [0, 0.1) is 0 Å². The second kappa shape index (κ2) is 6.73. The van der Waals surface area contributed by atoms with E-state index in [1.54, 1.807) is 0 Å². The van der Waals surface area contributed by atoms with Crippen LogP contribution in [0.4, 0.5) is 5.69 Å². The molecule has 0 unspecified atom stereocenters. The number of anilines is 1. The number of hydrogen-bond acceptors (Lipinski definition) is 3. The molecule has 0 atom stereocenters. The molecule has 1 fully saturated rings. The van der Waals surface area contributed by atoms with Crippen molar-refractivity contribution < 1.29 is 0 Å². The topological polar surface area (TPSA) is 32.5 Å². The Hall–Kier alpha value is -0.580. The highest BCUT2D eigenvalue weighted by molar-refractivity contribution is 9.10. The number of halogens is 1. The molecule has 0 bridgehead atoms. The van der Waals surface area contributed by atoms with E-state index >= 15 is 0 Å². The zero-order chi connectivity index (χ0) is 13.8. The van der Waals surface area contributed by atoms with Gasteiger partial charge < -0.3 is 15.5 Å². The van der Waals surface area contributed by atoms with E-state index in [0.717, 1.165) is 30.0 Å². The zero-order valence-electron chi connectivity index (χ0n) is 11.9. The van der Waals surface area contributed by atoms with E-state index in [-0.39, 0.29) is 0 Å². The Morgan fingerprint density at radius 3 is 2.58 bits per heavy atom. The number of hydrogen-bond donors (Lipinski definition) is 1. The van der Waals surface area contributed by atoms with Gasteiger partial charge in [0, 0.05) is 29.3 Å². The van der Waals surface area contributed by atoms with Crippen LogP contribution in [0.3, 0.4) is 0 Å². The minimum Gasteiger partial charge on any atom is -0.371 e. The lowest BCUT2D eigenvalue weighted by Crippen LogP contribution is -2.42. The van der Waals surface area contributed by atoms with Crippen molar-refractivity contribution in [2.24, 2.45) is 5.73 Å². The van der Waals surface area contributed by atoms with Gasteiger partial charge in [0.15, 0.2) is 0 Å². The fourth-order valence-corrected chi connectivity index (χ4v) is 3.25. The Morgan fingerprint density at radius 1 is 1.32 bits per heavy atom. The summed E-state index contributed by atoms with van der Waals surface area (Å²) in [6.07, 6.45) is 3.43. The van der Waals surface area contributed by atoms with Gasteiger partial charge in [-0.3, -0.25) is 0 Å². The molecule has 1 aliphatic rings. The van der Waals surface area contributed by atoms with E-state index in [1.165, 1.54) is 24.1 Å². The van der Waals surface area contributed by atoms with Crippen molar-refractivity contribution in [3.8, 4) is 0 Å². The summed E-state index contributed by atoms with van der Waals surface area (Å²) in [7, 11) is 4.36. The quantitative estimate of drug-likeness (QED) is 0.923. The summed E-state index contributed by atoms with van der Waals surface area (Å²) in [5, 5.41) is 0. The molecule has 1 saturated heterocycles. The maximum Gasteiger partial charge on any atom is 0.0400 e. The number of piperidine rings is 1. The summed E-state index contributed by atoms with van der Waals surface area (Å²) >= 11 is 3.55. The minimum absolute atomic E-state index is 0.706. The maximum atomic E-state index is 5.73. The molecular weight excluding hydrogens is 302 g/mol. The van der Waals surface area contributed by atoms with Gasteiger partial charge in [0.2, 0.25) is 0 Å². The van der Waals surface area contributed by atoms with Crippen LogP contribution in [-0.2, 0) is 6.42 Å². The van der Waals surface area contributed by atoms with E-state index in [4.69, 9.17) is 5.73 Å². The fraction of sp³-hybridized carbons (Fsp3) is 0.600. The minimum atomic E-state index is 0.706. The van der Waals surface area contributed by atoms with Gasteiger partial charge in [-0.15, -0.1) is 0 Å². The van der Waals surface area contributed by atoms with Crippen LogP contribution in [0.15, 0.2) is 22.7 Å². The molecule has 1 aromatic rings. The molecule has 0 aliphatic carbocycles. The van der Waals surface area contributed by atoms with Gasteiger partial charge in [0.05, 0.1) is 0 Å². The Labute approximate surface area is 124 Å². The number of rotatable bonds is 4. The first kappa shape index (κ1) is 14.8. The van der Waals surface area contributed by atoms with Crippen molar-refractivity contribution in [2.45, 2.75) is 25.3 Å². The van der Waals surface area contributed by atoms with Crippen LogP contribution in [-0.4, -0.2) is 44.7 Å². The highest BCUT2D eigenvalue weighted by Gasteiger charge is 2.22. The zero-order valence-corrected chi connectivity index (χ0v) is 13.5. The first-order valence-electron chi connectivity index (χ1n) is 7.01. The molecule has 19 heavy (non-hydrogen) atoms. The highest BCUT2D eigenvalue weighted by atomic mass is 79.9. The molecule has 1 aliphatic heterocycles. The van der Waals surface area contributed by atoms with Gasteiger partial charge in [-0.25, -0.2) is 0 Å². The van der Waals surface area contributed by atoms with E-state index in [0.29, 0.717) is 6.54 Å². The van der Waals surface area contributed by atoms with E-state index in [2.05, 4.69) is 58.0 Å². The average molecular weight is 326 g/mol. The molecule has 0 saturated carbocycles. The van der Waals surface area contributed by atoms with Crippen LogP contribution in [0.2, 0.25) is 0 Å². The van der Waals surface area contributed by atoms with Crippen molar-refractivity contribution in [3.63, 3.8) is 0 Å². The van der Waals surface area contributed by atoms with Gasteiger partial charge >= 0.3 is 0 Å². The SMILES string of the molecule is CN(C)C1CCN(c2ccc(Br)cc2CCN)CC1. The van der Waals surface area contributed by atoms with Gasteiger partial charge in [0.1, 0.15) is 0 Å². The van der Waals surface area contributed by atoms with E-state index in [1.807, 2.05) is 0 Å². The monoisotopic (exact) mass is 325 g/mol. The molecule has 0 spiro atoms. The lowest BCUT2D eigenvalue weighted by atomic mass is 10.0. The molecule has 0 aromatic heterocycles. The Kier molecular flexibility index (Phi) is 5.25. The second-order valence-electron chi connectivity index (χ2n) is 5.49. The molecule has 0 amide bonds. The largest absolute Gasteiger partial charge is 0.371 e. The standard InChI is InChI=1S/C15H24BrN3/c1-18(2)14-6-9-19(10-7-14)15-4-3-13(16)11-12(15)5-8-17/h3-4,11,14H,5-10,17H2,1-2H3. The molecule has 1 heterocycles. The summed E-state index contributed by atoms with van der Waals surface area (Å²) in [4.78, 5) is 4.86. The summed E-state index contributed by atoms with van der Waals surface area (Å²) in [5.74, 6) is 0. The van der Waals surface area contributed by atoms with Crippen molar-refractivity contribution >= 4 is 21.6 Å². The Balaban J connectivity index is 2.10. The van der Waals surface area contributed by atoms with E-state index in [9.17, 15) is 0 Å². The van der Waals surface area contributed by atoms with Crippen molar-refractivity contribution in [1.82, 2.24) is 4.90 Å². The molecule has 2 N–H and O–H groups in total. The summed E-state index contributed by atoms with van der Waals surface area (Å²) in [6.45, 7) is 2.99. The Morgan fingerprint density at radius 2 is 2.00 bits per heavy atom. The van der Waals surface area contributed by atoms with Gasteiger partial charge in [-0.1, -0.05) is 15.9 Å². The molecular formula is C15H24BrN3. The average Bonchev–Trinajstić information content (AvgIpc) is 2.39. The van der Waals surface area contributed by atoms with Gasteiger partial charge in [-0.05, 0) is 63.7 Å². The number of benzene rings is 1. The molecule has 106 valence electrons. The predicted octanol–water partition coefficient (Wildman–Crippen LogP) is 2.48. The molecule has 3 nitrogen and oxygen atoms in total. The molecule has 1 aromatic carbocycles. The maximum absolute atomic E-state index is 5.73. The summed E-state index contributed by atoms with van der Waals surface area (Å²) in [6, 6.07) is 7.29. The number of nitrogens with two attached hydrogens (primary N) is 1. The third-order valence-corrected chi connectivity index (χ3v) is 4.48. The Bertz CT molecular complexity index is 412. The lowest BCUT2D eigenvalue weighted by Gasteiger charge is -2.37. The highest BCUT2D eigenvalue weighted by Crippen LogP contribution is 2.28. The molecule has 4 heteroatoms. The third kappa shape index (κ3) is 3.71. The summed E-state index contributed by atoms with van der Waals surface area (Å²) < 4.78 is 1.14. The molecule has 2 rings (SSSR count). The lowest BCUT2D eigenvalue weighted by molar-refractivity contribution is 0.249. The van der Waals surface area contributed by atoms with Gasteiger partial charge in [0.25, 0.3) is 0 Å². The van der Waals surface area contributed by atoms with Crippen LogP contribution in [0.5, 0.6) is 0 Å². The predicted molar refractivity (Wildman–Crippen MR) is 85.8 cm³/mol. The van der Waals surface area contributed by atoms with Crippen LogP contribution >= 0.6 is 15.9 Å². The number of nitrogens with zero attached hydrogens (tertiary/aromatic N) is 2. The normalized spacial score (nSPS) is 17.2. The van der Waals surface area contributed by atoms with E-state index < -0.39 is 0 Å². The first-order valence-corrected chi connectivity index (χ1v) is 7.81. The fourth-order valence-electron chi connectivity index (χ4n) is 2.84. The third-order valence-electron chi connectivity index (χ3n) is 3.99. The second-order valence-corrected chi connectivity index (χ2v) is 6.41. The van der Waals surface area contributed by atoms with Gasteiger partial charge in [-0.2, -0.15) is 0 Å². The van der Waals surface area contributed by atoms with Crippen molar-refractivity contribution in [1.29, 1.82) is 0 Å². The van der Waals surface area contributed by atoms with Crippen molar-refractivity contribution in [2.75, 3.05) is 38.6 Å². The molecule has 0 radical (unpaired) electrons. The van der Waals surface area contributed by atoms with Crippen LogP contribution in [0.25, 0.3) is 0 Å². The summed E-state index contributed by atoms with van der Waals surface area (Å²) in [5.41, 5.74) is 8.46.